The number of rotatable bonds is 12. The lowest BCUT2D eigenvalue weighted by Crippen LogP contribution is -2.65. The van der Waals surface area contributed by atoms with Crippen LogP contribution in [0.3, 0.4) is 0 Å². The van der Waals surface area contributed by atoms with Crippen LogP contribution in [0.15, 0.2) is 54.6 Å². The highest BCUT2D eigenvalue weighted by molar-refractivity contribution is 5.31. The minimum absolute atomic E-state index is 0.0831. The molecule has 2 aromatic rings. The van der Waals surface area contributed by atoms with Gasteiger partial charge in [0.1, 0.15) is 17.8 Å². The average Bonchev–Trinajstić information content (AvgIpc) is 2.69. The second-order valence-corrected chi connectivity index (χ2v) is 10.2. The minimum atomic E-state index is -0.299. The molecule has 0 bridgehead atoms. The predicted octanol–water partition coefficient (Wildman–Crippen LogP) is 6.80. The highest BCUT2D eigenvalue weighted by Crippen LogP contribution is 2.38. The molecule has 1 unspecified atom stereocenters. The van der Waals surface area contributed by atoms with Gasteiger partial charge in [0.2, 0.25) is 6.29 Å². The fourth-order valence-electron chi connectivity index (χ4n) is 4.85. The lowest BCUT2D eigenvalue weighted by molar-refractivity contribution is -0.989. The molecular formula is C28H44NO2+. The Labute approximate surface area is 191 Å². The van der Waals surface area contributed by atoms with Gasteiger partial charge in [-0.2, -0.15) is 0 Å². The van der Waals surface area contributed by atoms with Gasteiger partial charge in [-0.25, -0.2) is 0 Å². The van der Waals surface area contributed by atoms with Gasteiger partial charge in [-0.05, 0) is 39.3 Å². The van der Waals surface area contributed by atoms with E-state index in [9.17, 15) is 0 Å². The van der Waals surface area contributed by atoms with Gasteiger partial charge in [-0.3, -0.25) is 0 Å². The Hall–Kier alpha value is -1.84. The summed E-state index contributed by atoms with van der Waals surface area (Å²) in [5.41, 5.74) is 2.42. The molecule has 0 amide bonds. The van der Waals surface area contributed by atoms with E-state index in [4.69, 9.17) is 9.47 Å². The molecule has 0 saturated carbocycles. The van der Waals surface area contributed by atoms with Gasteiger partial charge in [-0.1, -0.05) is 76.2 Å². The largest absolute Gasteiger partial charge is 0.458 e. The number of aryl methyl sites for hydroxylation is 1. The van der Waals surface area contributed by atoms with Crippen molar-refractivity contribution in [2.75, 3.05) is 26.2 Å². The summed E-state index contributed by atoms with van der Waals surface area (Å²) in [5.74, 6) is 2.02. The van der Waals surface area contributed by atoms with Crippen LogP contribution in [0.5, 0.6) is 5.75 Å². The summed E-state index contributed by atoms with van der Waals surface area (Å²) in [6.07, 6.45) is -0.299. The zero-order valence-corrected chi connectivity index (χ0v) is 21.0. The van der Waals surface area contributed by atoms with Crippen molar-refractivity contribution in [2.24, 2.45) is 11.8 Å². The van der Waals surface area contributed by atoms with Crippen LogP contribution in [0.1, 0.15) is 59.6 Å². The molecule has 31 heavy (non-hydrogen) atoms. The molecular weight excluding hydrogens is 382 g/mol. The zero-order valence-electron chi connectivity index (χ0n) is 21.0. The van der Waals surface area contributed by atoms with Crippen molar-refractivity contribution in [1.29, 1.82) is 0 Å². The molecule has 0 N–H and O–H groups in total. The van der Waals surface area contributed by atoms with Crippen molar-refractivity contribution in [3.05, 3.63) is 65.7 Å². The van der Waals surface area contributed by atoms with Crippen LogP contribution in [-0.4, -0.2) is 37.0 Å². The smallest absolute Gasteiger partial charge is 0.249 e. The number of para-hydroxylation sites is 1. The van der Waals surface area contributed by atoms with Gasteiger partial charge in [0.15, 0.2) is 0 Å². The molecule has 3 nitrogen and oxygen atoms in total. The molecule has 0 aliphatic rings. The first-order chi connectivity index (χ1) is 14.6. The summed E-state index contributed by atoms with van der Waals surface area (Å²) in [4.78, 5) is 0. The van der Waals surface area contributed by atoms with Crippen LogP contribution >= 0.6 is 0 Å². The average molecular weight is 427 g/mol. The molecule has 0 aromatic heterocycles. The molecule has 0 heterocycles. The van der Waals surface area contributed by atoms with E-state index >= 15 is 0 Å². The van der Waals surface area contributed by atoms with Crippen LogP contribution in [0.2, 0.25) is 0 Å². The van der Waals surface area contributed by atoms with Gasteiger partial charge in [-0.15, -0.1) is 0 Å². The molecule has 0 radical (unpaired) electrons. The second-order valence-electron chi connectivity index (χ2n) is 10.2. The second kappa shape index (κ2) is 11.2. The highest BCUT2D eigenvalue weighted by atomic mass is 16.7. The fraction of sp³-hybridized carbons (Fsp3) is 0.571. The maximum absolute atomic E-state index is 6.50. The molecule has 172 valence electrons. The van der Waals surface area contributed by atoms with Gasteiger partial charge < -0.3 is 14.0 Å². The Kier molecular flexibility index (Phi) is 9.14. The van der Waals surface area contributed by atoms with Crippen molar-refractivity contribution in [3.63, 3.8) is 0 Å². The number of nitrogens with zero attached hydrogens (tertiary/aromatic N) is 1. The highest BCUT2D eigenvalue weighted by Gasteiger charge is 2.47. The van der Waals surface area contributed by atoms with E-state index in [1.54, 1.807) is 0 Å². The standard InChI is InChI=1S/C28H44NO2/c1-9-30-27(31-26-18-14-13-15-24(26)6)21-29(19-22(2)3,20-23(4)5)28(7,8)25-16-11-10-12-17-25/h10-18,22-23,27H,9,19-21H2,1-8H3/q+1. The lowest BCUT2D eigenvalue weighted by atomic mass is 9.86. The van der Waals surface area contributed by atoms with E-state index < -0.39 is 0 Å². The summed E-state index contributed by atoms with van der Waals surface area (Å²) < 4.78 is 13.6. The summed E-state index contributed by atoms with van der Waals surface area (Å²) in [7, 11) is 0. The van der Waals surface area contributed by atoms with E-state index in [1.165, 1.54) is 5.56 Å². The Balaban J connectivity index is 2.51. The fourth-order valence-corrected chi connectivity index (χ4v) is 4.85. The quantitative estimate of drug-likeness (QED) is 0.274. The van der Waals surface area contributed by atoms with E-state index in [1.807, 2.05) is 18.2 Å². The minimum Gasteiger partial charge on any atom is -0.458 e. The maximum atomic E-state index is 6.50. The van der Waals surface area contributed by atoms with Crippen LogP contribution in [0.25, 0.3) is 0 Å². The van der Waals surface area contributed by atoms with E-state index in [0.29, 0.717) is 18.4 Å². The Morgan fingerprint density at radius 2 is 1.35 bits per heavy atom. The number of quaternary nitrogens is 1. The van der Waals surface area contributed by atoms with Crippen molar-refractivity contribution in [1.82, 2.24) is 0 Å². The van der Waals surface area contributed by atoms with Crippen molar-refractivity contribution in [3.8, 4) is 5.75 Å². The number of hydrogen-bond acceptors (Lipinski definition) is 2. The van der Waals surface area contributed by atoms with Crippen molar-refractivity contribution >= 4 is 0 Å². The first kappa shape index (κ1) is 25.4. The third kappa shape index (κ3) is 6.57. The predicted molar refractivity (Wildman–Crippen MR) is 131 cm³/mol. The Morgan fingerprint density at radius 3 is 1.87 bits per heavy atom. The molecule has 1 atom stereocenters. The van der Waals surface area contributed by atoms with Crippen LogP contribution in [0.4, 0.5) is 0 Å². The third-order valence-corrected chi connectivity index (χ3v) is 6.30. The van der Waals surface area contributed by atoms with Gasteiger partial charge >= 0.3 is 0 Å². The van der Waals surface area contributed by atoms with Crippen molar-refractivity contribution < 1.29 is 14.0 Å². The van der Waals surface area contributed by atoms with Crippen molar-refractivity contribution in [2.45, 2.75) is 67.2 Å². The van der Waals surface area contributed by atoms with Crippen LogP contribution in [0, 0.1) is 18.8 Å². The van der Waals surface area contributed by atoms with Gasteiger partial charge in [0.05, 0.1) is 13.1 Å². The van der Waals surface area contributed by atoms with E-state index in [2.05, 4.69) is 91.8 Å². The Bertz CT molecular complexity index is 773. The summed E-state index contributed by atoms with van der Waals surface area (Å²) >= 11 is 0. The topological polar surface area (TPSA) is 18.5 Å². The molecule has 0 saturated heterocycles. The first-order valence-corrected chi connectivity index (χ1v) is 11.9. The Morgan fingerprint density at radius 1 is 0.806 bits per heavy atom. The lowest BCUT2D eigenvalue weighted by Gasteiger charge is -2.53. The van der Waals surface area contributed by atoms with E-state index in [0.717, 1.165) is 35.4 Å². The third-order valence-electron chi connectivity index (χ3n) is 6.30. The number of ether oxygens (including phenoxy) is 2. The number of benzene rings is 2. The summed E-state index contributed by atoms with van der Waals surface area (Å²) in [6.45, 7) is 21.8. The summed E-state index contributed by atoms with van der Waals surface area (Å²) in [5, 5.41) is 0. The SMILES string of the molecule is CCOC(C[N+](CC(C)C)(CC(C)C)C(C)(C)c1ccccc1)Oc1ccccc1C. The molecule has 0 spiro atoms. The molecule has 2 aromatic carbocycles. The molecule has 0 fully saturated rings. The molecule has 0 aliphatic heterocycles. The first-order valence-electron chi connectivity index (χ1n) is 11.9. The monoisotopic (exact) mass is 426 g/mol. The summed E-state index contributed by atoms with van der Waals surface area (Å²) in [6, 6.07) is 19.2. The van der Waals surface area contributed by atoms with Gasteiger partial charge in [0, 0.05) is 24.0 Å². The number of hydrogen-bond donors (Lipinski definition) is 0. The van der Waals surface area contributed by atoms with Crippen LogP contribution < -0.4 is 4.74 Å². The zero-order chi connectivity index (χ0) is 23.1. The molecule has 2 rings (SSSR count). The van der Waals surface area contributed by atoms with Crippen LogP contribution in [-0.2, 0) is 10.3 Å². The van der Waals surface area contributed by atoms with E-state index in [-0.39, 0.29) is 11.8 Å². The maximum Gasteiger partial charge on any atom is 0.249 e. The normalized spacial score (nSPS) is 13.6. The van der Waals surface area contributed by atoms with Gasteiger partial charge in [0.25, 0.3) is 0 Å². The molecule has 0 aliphatic carbocycles. The molecule has 3 heteroatoms.